The molecule has 0 atom stereocenters. The van der Waals surface area contributed by atoms with Crippen molar-refractivity contribution < 1.29 is 0 Å². The maximum atomic E-state index is 5.37. The molecule has 9 aromatic carbocycles. The summed E-state index contributed by atoms with van der Waals surface area (Å²) in [5.41, 5.74) is 8.54. The fourth-order valence-corrected chi connectivity index (χ4v) is 8.38. The van der Waals surface area contributed by atoms with Crippen LogP contribution in [0.3, 0.4) is 0 Å². The van der Waals surface area contributed by atoms with Gasteiger partial charge in [0.1, 0.15) is 0 Å². The Labute approximate surface area is 317 Å². The standard InChI is InChI=1S/C51H32N4/c1-2-18-35(19-3-1)49-52-50(43-29-15-21-34-17-5-7-23-37(34)43)54-51(53-49)44-32-47(55-45-30-12-10-25-39(45)40-26-11-13-31-46(40)55)48(42-27-9-8-24-38(42)44)41-28-14-20-33-16-4-6-22-36(33)41/h1-32H. The quantitative estimate of drug-likeness (QED) is 0.179. The summed E-state index contributed by atoms with van der Waals surface area (Å²) in [7, 11) is 0. The second-order valence-electron chi connectivity index (χ2n) is 14.0. The van der Waals surface area contributed by atoms with Crippen molar-refractivity contribution in [2.45, 2.75) is 0 Å². The van der Waals surface area contributed by atoms with Gasteiger partial charge in [-0.25, -0.2) is 15.0 Å². The lowest BCUT2D eigenvalue weighted by atomic mass is 9.90. The second-order valence-corrected chi connectivity index (χ2v) is 14.0. The molecule has 0 saturated heterocycles. The number of hydrogen-bond acceptors (Lipinski definition) is 3. The lowest BCUT2D eigenvalue weighted by molar-refractivity contribution is 1.08. The van der Waals surface area contributed by atoms with E-state index in [1.165, 1.54) is 27.1 Å². The molecule has 0 bridgehead atoms. The first-order valence-electron chi connectivity index (χ1n) is 18.6. The maximum Gasteiger partial charge on any atom is 0.164 e. The van der Waals surface area contributed by atoms with Crippen molar-refractivity contribution in [1.82, 2.24) is 19.5 Å². The second kappa shape index (κ2) is 12.6. The first kappa shape index (κ1) is 31.1. The molecule has 55 heavy (non-hydrogen) atoms. The van der Waals surface area contributed by atoms with Crippen molar-refractivity contribution >= 4 is 54.1 Å². The summed E-state index contributed by atoms with van der Waals surface area (Å²) < 4.78 is 2.43. The molecule has 0 radical (unpaired) electrons. The maximum absolute atomic E-state index is 5.37. The van der Waals surface area contributed by atoms with E-state index in [-0.39, 0.29) is 0 Å². The van der Waals surface area contributed by atoms with Gasteiger partial charge < -0.3 is 4.57 Å². The van der Waals surface area contributed by atoms with Crippen LogP contribution in [0.5, 0.6) is 0 Å². The van der Waals surface area contributed by atoms with Gasteiger partial charge in [-0.15, -0.1) is 0 Å². The summed E-state index contributed by atoms with van der Waals surface area (Å²) in [5.74, 6) is 1.90. The van der Waals surface area contributed by atoms with Crippen molar-refractivity contribution in [3.63, 3.8) is 0 Å². The van der Waals surface area contributed by atoms with Crippen molar-refractivity contribution in [2.75, 3.05) is 0 Å². The Balaban J connectivity index is 1.30. The smallest absolute Gasteiger partial charge is 0.164 e. The molecule has 0 aliphatic rings. The fourth-order valence-electron chi connectivity index (χ4n) is 8.38. The first-order valence-corrected chi connectivity index (χ1v) is 18.6. The third-order valence-electron chi connectivity index (χ3n) is 10.8. The molecule has 0 fully saturated rings. The third-order valence-corrected chi connectivity index (χ3v) is 10.8. The Bertz CT molecular complexity index is 3210. The number of nitrogens with zero attached hydrogens (tertiary/aromatic N) is 4. The normalized spacial score (nSPS) is 11.6. The minimum Gasteiger partial charge on any atom is -0.309 e. The molecule has 11 aromatic rings. The van der Waals surface area contributed by atoms with Gasteiger partial charge in [0.15, 0.2) is 17.5 Å². The van der Waals surface area contributed by atoms with E-state index in [9.17, 15) is 0 Å². The van der Waals surface area contributed by atoms with Crippen LogP contribution < -0.4 is 0 Å². The van der Waals surface area contributed by atoms with Crippen LogP contribution in [0, 0.1) is 0 Å². The highest BCUT2D eigenvalue weighted by Crippen LogP contribution is 2.45. The van der Waals surface area contributed by atoms with Crippen LogP contribution >= 0.6 is 0 Å². The minimum absolute atomic E-state index is 0.625. The van der Waals surface area contributed by atoms with Crippen molar-refractivity contribution in [3.8, 4) is 51.0 Å². The van der Waals surface area contributed by atoms with E-state index in [4.69, 9.17) is 15.0 Å². The number of rotatable bonds is 5. The summed E-state index contributed by atoms with van der Waals surface area (Å²) in [4.78, 5) is 15.8. The summed E-state index contributed by atoms with van der Waals surface area (Å²) in [5, 5.41) is 9.26. The van der Waals surface area contributed by atoms with Crippen molar-refractivity contribution in [1.29, 1.82) is 0 Å². The van der Waals surface area contributed by atoms with E-state index in [2.05, 4.69) is 180 Å². The van der Waals surface area contributed by atoms with Crippen molar-refractivity contribution in [2.24, 2.45) is 0 Å². The molecular weight excluding hydrogens is 669 g/mol. The molecule has 4 heteroatoms. The molecule has 0 aliphatic carbocycles. The van der Waals surface area contributed by atoms with Crippen LogP contribution in [0.25, 0.3) is 105 Å². The molecule has 0 aliphatic heterocycles. The van der Waals surface area contributed by atoms with Crippen LogP contribution in [-0.4, -0.2) is 19.5 Å². The molecular formula is C51H32N4. The zero-order valence-corrected chi connectivity index (χ0v) is 29.8. The van der Waals surface area contributed by atoms with Gasteiger partial charge in [-0.3, -0.25) is 0 Å². The fraction of sp³-hybridized carbons (Fsp3) is 0. The highest BCUT2D eigenvalue weighted by Gasteiger charge is 2.23. The van der Waals surface area contributed by atoms with E-state index in [1.807, 2.05) is 18.2 Å². The molecule has 0 N–H and O–H groups in total. The lowest BCUT2D eigenvalue weighted by Crippen LogP contribution is -2.04. The molecule has 0 saturated carbocycles. The number of hydrogen-bond donors (Lipinski definition) is 0. The monoisotopic (exact) mass is 700 g/mol. The average molecular weight is 701 g/mol. The van der Waals surface area contributed by atoms with Gasteiger partial charge in [-0.2, -0.15) is 0 Å². The topological polar surface area (TPSA) is 43.6 Å². The highest BCUT2D eigenvalue weighted by molar-refractivity contribution is 6.15. The number of para-hydroxylation sites is 2. The van der Waals surface area contributed by atoms with Crippen LogP contribution in [0.15, 0.2) is 194 Å². The Morgan fingerprint density at radius 1 is 0.309 bits per heavy atom. The van der Waals surface area contributed by atoms with Gasteiger partial charge >= 0.3 is 0 Å². The van der Waals surface area contributed by atoms with Gasteiger partial charge in [0.25, 0.3) is 0 Å². The van der Waals surface area contributed by atoms with E-state index in [0.717, 1.165) is 60.5 Å². The summed E-state index contributed by atoms with van der Waals surface area (Å²) >= 11 is 0. The van der Waals surface area contributed by atoms with Crippen LogP contribution in [0.1, 0.15) is 0 Å². The van der Waals surface area contributed by atoms with Crippen LogP contribution in [0.2, 0.25) is 0 Å². The summed E-state index contributed by atoms with van der Waals surface area (Å²) in [6.45, 7) is 0. The SMILES string of the molecule is c1ccc(-c2nc(-c3cccc4ccccc34)nc(-c3cc(-n4c5ccccc5c5ccccc54)c(-c4cccc5ccccc45)c4ccccc34)n2)cc1. The predicted molar refractivity (Wildman–Crippen MR) is 228 cm³/mol. The van der Waals surface area contributed by atoms with Crippen LogP contribution in [-0.2, 0) is 0 Å². The zero-order chi connectivity index (χ0) is 36.3. The Hall–Kier alpha value is -7.43. The summed E-state index contributed by atoms with van der Waals surface area (Å²) in [6, 6.07) is 68.7. The summed E-state index contributed by atoms with van der Waals surface area (Å²) in [6.07, 6.45) is 0. The highest BCUT2D eigenvalue weighted by atomic mass is 15.0. The molecule has 0 spiro atoms. The van der Waals surface area contributed by atoms with Gasteiger partial charge in [0, 0.05) is 33.0 Å². The molecule has 0 unspecified atom stereocenters. The number of fused-ring (bicyclic) bond motifs is 6. The Kier molecular flexibility index (Phi) is 7.14. The minimum atomic E-state index is 0.625. The van der Waals surface area contributed by atoms with E-state index >= 15 is 0 Å². The number of aromatic nitrogens is 4. The molecule has 2 heterocycles. The van der Waals surface area contributed by atoms with Gasteiger partial charge in [0.05, 0.1) is 16.7 Å². The predicted octanol–water partition coefficient (Wildman–Crippen LogP) is 13.1. The Morgan fingerprint density at radius 2 is 0.764 bits per heavy atom. The molecule has 0 amide bonds. The molecule has 256 valence electrons. The molecule has 2 aromatic heterocycles. The molecule has 11 rings (SSSR count). The van der Waals surface area contributed by atoms with Gasteiger partial charge in [-0.05, 0) is 56.1 Å². The van der Waals surface area contributed by atoms with E-state index in [0.29, 0.717) is 17.5 Å². The Morgan fingerprint density at radius 3 is 1.42 bits per heavy atom. The average Bonchev–Trinajstić information content (AvgIpc) is 3.60. The van der Waals surface area contributed by atoms with Gasteiger partial charge in [-0.1, -0.05) is 176 Å². The third kappa shape index (κ3) is 5.03. The van der Waals surface area contributed by atoms with E-state index in [1.54, 1.807) is 0 Å². The number of benzene rings is 9. The zero-order valence-electron chi connectivity index (χ0n) is 29.8. The first-order chi connectivity index (χ1) is 27.3. The largest absolute Gasteiger partial charge is 0.309 e. The van der Waals surface area contributed by atoms with Crippen LogP contribution in [0.4, 0.5) is 0 Å². The van der Waals surface area contributed by atoms with Gasteiger partial charge in [0.2, 0.25) is 0 Å². The molecule has 4 nitrogen and oxygen atoms in total. The lowest BCUT2D eigenvalue weighted by Gasteiger charge is -2.21. The van der Waals surface area contributed by atoms with Crippen molar-refractivity contribution in [3.05, 3.63) is 194 Å². The van der Waals surface area contributed by atoms with E-state index < -0.39 is 0 Å².